The minimum atomic E-state index is -0.190. The maximum Gasteiger partial charge on any atom is 0.144 e. The normalized spacial score (nSPS) is 15.0. The smallest absolute Gasteiger partial charge is 0.144 e. The van der Waals surface area contributed by atoms with E-state index >= 15 is 0 Å². The highest BCUT2D eigenvalue weighted by molar-refractivity contribution is 5.94. The van der Waals surface area contributed by atoms with Crippen LogP contribution in [0.5, 0.6) is 17.2 Å². The molecule has 1 aliphatic rings. The third-order valence-electron chi connectivity index (χ3n) is 4.81. The first kappa shape index (κ1) is 20.0. The number of aliphatic hydroxyl groups is 1. The summed E-state index contributed by atoms with van der Waals surface area (Å²) in [5, 5.41) is 12.4. The number of unbranched alkanes of at least 4 members (excludes halogenated alkanes) is 1. The van der Waals surface area contributed by atoms with E-state index in [4.69, 9.17) is 19.3 Å². The molecule has 0 spiro atoms. The van der Waals surface area contributed by atoms with Gasteiger partial charge in [0.15, 0.2) is 0 Å². The molecule has 0 radical (unpaired) electrons. The first-order chi connectivity index (χ1) is 13.6. The number of nitrogens with zero attached hydrogens (tertiary/aromatic N) is 1. The highest BCUT2D eigenvalue weighted by Crippen LogP contribution is 2.37. The summed E-state index contributed by atoms with van der Waals surface area (Å²) in [6, 6.07) is 8.01. The van der Waals surface area contributed by atoms with E-state index < -0.39 is 0 Å². The van der Waals surface area contributed by atoms with E-state index in [-0.39, 0.29) is 12.8 Å². The predicted molar refractivity (Wildman–Crippen MR) is 111 cm³/mol. The molecule has 0 fully saturated rings. The number of methoxy groups -OCH3 is 2. The molecule has 2 N–H and O–H groups in total. The molecule has 1 atom stereocenters. The standard InChI is InChI=1S/C22H28N2O4/c1-14-9-16(10-15(2)21(14)28-8-6-5-7-25)22-23-13-18-19(24-22)11-17(26-3)12-20(18)27-4/h9-13,22,24-25H,5-8H2,1-4H3. The third kappa shape index (κ3) is 4.22. The van der Waals surface area contributed by atoms with Crippen molar-refractivity contribution < 1.29 is 19.3 Å². The van der Waals surface area contributed by atoms with Crippen molar-refractivity contribution >= 4 is 11.9 Å². The van der Waals surface area contributed by atoms with Crippen LogP contribution >= 0.6 is 0 Å². The Bertz CT molecular complexity index is 841. The molecule has 1 unspecified atom stereocenters. The Morgan fingerprint density at radius 3 is 2.43 bits per heavy atom. The van der Waals surface area contributed by atoms with Gasteiger partial charge in [-0.2, -0.15) is 0 Å². The van der Waals surface area contributed by atoms with Gasteiger partial charge in [-0.15, -0.1) is 0 Å². The Hall–Kier alpha value is -2.73. The third-order valence-corrected chi connectivity index (χ3v) is 4.81. The molecular formula is C22H28N2O4. The quantitative estimate of drug-likeness (QED) is 0.673. The fourth-order valence-electron chi connectivity index (χ4n) is 3.40. The predicted octanol–water partition coefficient (Wildman–Crippen LogP) is 4.02. The van der Waals surface area contributed by atoms with Crippen LogP contribution < -0.4 is 19.5 Å². The summed E-state index contributed by atoms with van der Waals surface area (Å²) in [5.74, 6) is 2.37. The summed E-state index contributed by atoms with van der Waals surface area (Å²) in [6.45, 7) is 4.89. The van der Waals surface area contributed by atoms with Crippen LogP contribution in [0.3, 0.4) is 0 Å². The second-order valence-corrected chi connectivity index (χ2v) is 6.88. The number of nitrogens with one attached hydrogen (secondary N) is 1. The highest BCUT2D eigenvalue weighted by atomic mass is 16.5. The van der Waals surface area contributed by atoms with Gasteiger partial charge >= 0.3 is 0 Å². The van der Waals surface area contributed by atoms with E-state index in [0.29, 0.717) is 6.61 Å². The number of benzene rings is 2. The van der Waals surface area contributed by atoms with Gasteiger partial charge in [-0.1, -0.05) is 0 Å². The number of anilines is 1. The van der Waals surface area contributed by atoms with E-state index in [2.05, 4.69) is 22.4 Å². The van der Waals surface area contributed by atoms with Gasteiger partial charge in [0, 0.05) is 25.0 Å². The van der Waals surface area contributed by atoms with Crippen molar-refractivity contribution in [2.45, 2.75) is 32.9 Å². The summed E-state index contributed by atoms with van der Waals surface area (Å²) < 4.78 is 16.8. The van der Waals surface area contributed by atoms with Gasteiger partial charge in [-0.3, -0.25) is 4.99 Å². The molecule has 150 valence electrons. The maximum atomic E-state index is 8.90. The lowest BCUT2D eigenvalue weighted by Crippen LogP contribution is -2.16. The molecule has 0 aromatic heterocycles. The van der Waals surface area contributed by atoms with Crippen LogP contribution in [-0.4, -0.2) is 38.8 Å². The summed E-state index contributed by atoms with van der Waals surface area (Å²) in [7, 11) is 3.28. The second kappa shape index (κ2) is 8.97. The number of aliphatic imine (C=N–C) groups is 1. The van der Waals surface area contributed by atoms with Crippen LogP contribution in [0, 0.1) is 13.8 Å². The molecular weight excluding hydrogens is 356 g/mol. The average molecular weight is 384 g/mol. The topological polar surface area (TPSA) is 72.3 Å². The number of hydrogen-bond donors (Lipinski definition) is 2. The molecule has 0 saturated carbocycles. The fraction of sp³-hybridized carbons (Fsp3) is 0.409. The average Bonchev–Trinajstić information content (AvgIpc) is 2.71. The van der Waals surface area contributed by atoms with Gasteiger partial charge in [-0.25, -0.2) is 0 Å². The Balaban J connectivity index is 1.83. The Morgan fingerprint density at radius 2 is 1.79 bits per heavy atom. The molecule has 2 aromatic carbocycles. The number of aryl methyl sites for hydroxylation is 2. The summed E-state index contributed by atoms with van der Waals surface area (Å²) in [5.41, 5.74) is 5.06. The van der Waals surface area contributed by atoms with Crippen LogP contribution in [0.1, 0.15) is 41.3 Å². The molecule has 28 heavy (non-hydrogen) atoms. The largest absolute Gasteiger partial charge is 0.497 e. The maximum absolute atomic E-state index is 8.90. The highest BCUT2D eigenvalue weighted by Gasteiger charge is 2.21. The van der Waals surface area contributed by atoms with Crippen LogP contribution in [0.15, 0.2) is 29.3 Å². The molecule has 2 aromatic rings. The first-order valence-corrected chi connectivity index (χ1v) is 9.48. The van der Waals surface area contributed by atoms with Crippen molar-refractivity contribution in [1.29, 1.82) is 0 Å². The van der Waals surface area contributed by atoms with Crippen molar-refractivity contribution in [2.75, 3.05) is 32.8 Å². The number of fused-ring (bicyclic) bond motifs is 1. The van der Waals surface area contributed by atoms with Gasteiger partial charge in [0.25, 0.3) is 0 Å². The molecule has 0 aliphatic carbocycles. The van der Waals surface area contributed by atoms with Gasteiger partial charge in [0.05, 0.1) is 32.1 Å². The molecule has 0 amide bonds. The summed E-state index contributed by atoms with van der Waals surface area (Å²) in [6.07, 6.45) is 3.25. The summed E-state index contributed by atoms with van der Waals surface area (Å²) >= 11 is 0. The zero-order valence-electron chi connectivity index (χ0n) is 16.9. The number of aliphatic hydroxyl groups excluding tert-OH is 1. The van der Waals surface area contributed by atoms with Crippen molar-refractivity contribution in [3.05, 3.63) is 46.5 Å². The van der Waals surface area contributed by atoms with Gasteiger partial charge in [0.1, 0.15) is 23.4 Å². The van der Waals surface area contributed by atoms with E-state index in [1.165, 1.54) is 0 Å². The van der Waals surface area contributed by atoms with Crippen LogP contribution in [-0.2, 0) is 0 Å². The van der Waals surface area contributed by atoms with Crippen molar-refractivity contribution in [1.82, 2.24) is 0 Å². The number of ether oxygens (including phenoxy) is 3. The molecule has 1 heterocycles. The number of rotatable bonds is 8. The Labute approximate surface area is 166 Å². The lowest BCUT2D eigenvalue weighted by atomic mass is 10.0. The fourth-order valence-corrected chi connectivity index (χ4v) is 3.40. The van der Waals surface area contributed by atoms with E-state index in [0.717, 1.165) is 58.0 Å². The Kier molecular flexibility index (Phi) is 6.41. The molecule has 3 rings (SSSR count). The zero-order chi connectivity index (χ0) is 20.1. The van der Waals surface area contributed by atoms with Crippen molar-refractivity contribution in [2.24, 2.45) is 4.99 Å². The van der Waals surface area contributed by atoms with Crippen LogP contribution in [0.4, 0.5) is 5.69 Å². The molecule has 6 heteroatoms. The van der Waals surface area contributed by atoms with E-state index in [1.54, 1.807) is 14.2 Å². The van der Waals surface area contributed by atoms with Crippen molar-refractivity contribution in [3.8, 4) is 17.2 Å². The minimum Gasteiger partial charge on any atom is -0.497 e. The molecule has 1 aliphatic heterocycles. The van der Waals surface area contributed by atoms with Crippen LogP contribution in [0.25, 0.3) is 0 Å². The number of hydrogen-bond acceptors (Lipinski definition) is 6. The van der Waals surface area contributed by atoms with Gasteiger partial charge < -0.3 is 24.6 Å². The van der Waals surface area contributed by atoms with Gasteiger partial charge in [-0.05, 0) is 55.5 Å². The minimum absolute atomic E-state index is 0.190. The summed E-state index contributed by atoms with van der Waals surface area (Å²) in [4.78, 5) is 4.68. The van der Waals surface area contributed by atoms with Crippen molar-refractivity contribution in [3.63, 3.8) is 0 Å². The SMILES string of the molecule is COc1cc2c(c(OC)c1)C=NC(c1cc(C)c(OCCCCO)c(C)c1)N2. The zero-order valence-corrected chi connectivity index (χ0v) is 16.9. The lowest BCUT2D eigenvalue weighted by molar-refractivity contribution is 0.252. The monoisotopic (exact) mass is 384 g/mol. The van der Waals surface area contributed by atoms with E-state index in [9.17, 15) is 0 Å². The molecule has 0 bridgehead atoms. The lowest BCUT2D eigenvalue weighted by Gasteiger charge is -2.25. The molecule has 0 saturated heterocycles. The first-order valence-electron chi connectivity index (χ1n) is 9.48. The Morgan fingerprint density at radius 1 is 1.04 bits per heavy atom. The van der Waals surface area contributed by atoms with E-state index in [1.807, 2.05) is 32.2 Å². The molecule has 6 nitrogen and oxygen atoms in total. The van der Waals surface area contributed by atoms with Crippen LogP contribution in [0.2, 0.25) is 0 Å². The second-order valence-electron chi connectivity index (χ2n) is 6.88. The van der Waals surface area contributed by atoms with Gasteiger partial charge in [0.2, 0.25) is 0 Å².